The number of imidazole rings is 1. The first-order chi connectivity index (χ1) is 7.24. The zero-order valence-corrected chi connectivity index (χ0v) is 9.34. The topological polar surface area (TPSA) is 72.5 Å². The Morgan fingerprint density at radius 2 is 2.33 bits per heavy atom. The lowest BCUT2D eigenvalue weighted by Gasteiger charge is -2.01. The van der Waals surface area contributed by atoms with Crippen LogP contribution < -0.4 is 5.73 Å². The van der Waals surface area contributed by atoms with Crippen molar-refractivity contribution in [2.75, 3.05) is 5.73 Å². The Balaban J connectivity index is 2.58. The Hall–Kier alpha value is -1.43. The lowest BCUT2D eigenvalue weighted by atomic mass is 10.3. The minimum Gasteiger partial charge on any atom is -0.382 e. The minimum atomic E-state index is 0.446. The van der Waals surface area contributed by atoms with Crippen LogP contribution in [0, 0.1) is 4.77 Å². The van der Waals surface area contributed by atoms with Gasteiger partial charge in [0.15, 0.2) is 16.2 Å². The molecule has 5 nitrogen and oxygen atoms in total. The van der Waals surface area contributed by atoms with Crippen molar-refractivity contribution in [2.24, 2.45) is 0 Å². The summed E-state index contributed by atoms with van der Waals surface area (Å²) in [5, 5.41) is 0. The molecule has 0 atom stereocenters. The number of aromatic amines is 1. The number of aromatic nitrogens is 4. The Labute approximate surface area is 92.3 Å². The quantitative estimate of drug-likeness (QED) is 0.779. The lowest BCUT2D eigenvalue weighted by Crippen LogP contribution is -2.00. The average molecular weight is 223 g/mol. The second kappa shape index (κ2) is 3.98. The molecular formula is C9H13N5S. The molecule has 0 saturated carbocycles. The van der Waals surface area contributed by atoms with Crippen LogP contribution in [-0.4, -0.2) is 19.5 Å². The summed E-state index contributed by atoms with van der Waals surface area (Å²) in [6.07, 6.45) is 3.66. The molecule has 0 aliphatic carbocycles. The molecule has 0 aromatic carbocycles. The van der Waals surface area contributed by atoms with Crippen LogP contribution in [0.3, 0.4) is 0 Å². The molecule has 15 heavy (non-hydrogen) atoms. The van der Waals surface area contributed by atoms with Crippen molar-refractivity contribution >= 4 is 29.2 Å². The van der Waals surface area contributed by atoms with Gasteiger partial charge in [-0.05, 0) is 18.6 Å². The van der Waals surface area contributed by atoms with Gasteiger partial charge in [-0.3, -0.25) is 0 Å². The summed E-state index contributed by atoms with van der Waals surface area (Å²) >= 11 is 5.21. The van der Waals surface area contributed by atoms with Gasteiger partial charge in [-0.25, -0.2) is 9.97 Å². The zero-order valence-electron chi connectivity index (χ0n) is 8.53. The maximum absolute atomic E-state index is 5.73. The largest absolute Gasteiger partial charge is 0.382 e. The fourth-order valence-corrected chi connectivity index (χ4v) is 1.79. The van der Waals surface area contributed by atoms with E-state index in [1.54, 1.807) is 0 Å². The van der Waals surface area contributed by atoms with Gasteiger partial charge < -0.3 is 15.3 Å². The number of fused-ring (bicyclic) bond motifs is 1. The third-order valence-corrected chi connectivity index (χ3v) is 2.65. The SMILES string of the molecule is CCCCn1c(=S)[nH]c2c(N)ncnc21. The van der Waals surface area contributed by atoms with Crippen molar-refractivity contribution in [3.63, 3.8) is 0 Å². The molecule has 0 amide bonds. The fraction of sp³-hybridized carbons (Fsp3) is 0.444. The van der Waals surface area contributed by atoms with Gasteiger partial charge in [0.2, 0.25) is 0 Å². The highest BCUT2D eigenvalue weighted by atomic mass is 32.1. The number of nitrogen functional groups attached to an aromatic ring is 1. The predicted octanol–water partition coefficient (Wildman–Crippen LogP) is 1.87. The molecule has 2 aromatic rings. The van der Waals surface area contributed by atoms with E-state index in [1.165, 1.54) is 6.33 Å². The molecule has 0 aliphatic heterocycles. The smallest absolute Gasteiger partial charge is 0.179 e. The van der Waals surface area contributed by atoms with E-state index in [1.807, 2.05) is 4.57 Å². The van der Waals surface area contributed by atoms with Crippen LogP contribution in [0.15, 0.2) is 6.33 Å². The third-order valence-electron chi connectivity index (χ3n) is 2.32. The third kappa shape index (κ3) is 1.72. The molecule has 2 aromatic heterocycles. The zero-order chi connectivity index (χ0) is 10.8. The molecule has 0 radical (unpaired) electrons. The molecule has 0 unspecified atom stereocenters. The van der Waals surface area contributed by atoms with Gasteiger partial charge in [0.05, 0.1) is 0 Å². The number of anilines is 1. The maximum Gasteiger partial charge on any atom is 0.179 e. The average Bonchev–Trinajstić information content (AvgIpc) is 2.54. The highest BCUT2D eigenvalue weighted by molar-refractivity contribution is 7.71. The predicted molar refractivity (Wildman–Crippen MR) is 62.0 cm³/mol. The number of nitrogens with zero attached hydrogens (tertiary/aromatic N) is 3. The minimum absolute atomic E-state index is 0.446. The van der Waals surface area contributed by atoms with Crippen LogP contribution >= 0.6 is 12.2 Å². The Kier molecular flexibility index (Phi) is 2.68. The van der Waals surface area contributed by atoms with Gasteiger partial charge in [0.1, 0.15) is 11.8 Å². The summed E-state index contributed by atoms with van der Waals surface area (Å²) in [5.41, 5.74) is 7.25. The van der Waals surface area contributed by atoms with Gasteiger partial charge in [0.25, 0.3) is 0 Å². The van der Waals surface area contributed by atoms with Gasteiger partial charge in [-0.2, -0.15) is 0 Å². The number of unbranched alkanes of at least 4 members (excludes halogenated alkanes) is 1. The number of hydrogen-bond acceptors (Lipinski definition) is 4. The monoisotopic (exact) mass is 223 g/mol. The molecule has 0 spiro atoms. The highest BCUT2D eigenvalue weighted by Crippen LogP contribution is 2.15. The Morgan fingerprint density at radius 3 is 3.07 bits per heavy atom. The van der Waals surface area contributed by atoms with Crippen LogP contribution in [-0.2, 0) is 6.54 Å². The number of nitrogens with one attached hydrogen (secondary N) is 1. The molecule has 2 rings (SSSR count). The first-order valence-corrected chi connectivity index (χ1v) is 5.34. The number of aryl methyl sites for hydroxylation is 1. The lowest BCUT2D eigenvalue weighted by molar-refractivity contribution is 0.635. The molecule has 2 heterocycles. The Morgan fingerprint density at radius 1 is 1.53 bits per heavy atom. The standard InChI is InChI=1S/C9H13N5S/c1-2-3-4-14-8-6(13-9(14)15)7(10)11-5-12-8/h5H,2-4H2,1H3,(H,13,15)(H2,10,11,12). The van der Waals surface area contributed by atoms with Crippen LogP contribution in [0.5, 0.6) is 0 Å². The second-order valence-corrected chi connectivity index (χ2v) is 3.78. The summed E-state index contributed by atoms with van der Waals surface area (Å²) in [6, 6.07) is 0. The van der Waals surface area contributed by atoms with Crippen molar-refractivity contribution in [2.45, 2.75) is 26.3 Å². The van der Waals surface area contributed by atoms with Gasteiger partial charge in [-0.15, -0.1) is 0 Å². The van der Waals surface area contributed by atoms with Crippen molar-refractivity contribution in [3.05, 3.63) is 11.1 Å². The van der Waals surface area contributed by atoms with Gasteiger partial charge in [-0.1, -0.05) is 13.3 Å². The molecule has 80 valence electrons. The van der Waals surface area contributed by atoms with Crippen molar-refractivity contribution in [1.29, 1.82) is 0 Å². The molecular weight excluding hydrogens is 210 g/mol. The van der Waals surface area contributed by atoms with E-state index in [0.29, 0.717) is 10.6 Å². The molecule has 6 heteroatoms. The van der Waals surface area contributed by atoms with E-state index in [2.05, 4.69) is 21.9 Å². The Bertz CT molecular complexity index is 527. The molecule has 3 N–H and O–H groups in total. The summed E-state index contributed by atoms with van der Waals surface area (Å²) in [7, 11) is 0. The number of rotatable bonds is 3. The summed E-state index contributed by atoms with van der Waals surface area (Å²) < 4.78 is 2.62. The van der Waals surface area contributed by atoms with E-state index in [0.717, 1.165) is 30.6 Å². The van der Waals surface area contributed by atoms with Crippen molar-refractivity contribution in [3.8, 4) is 0 Å². The molecule has 0 bridgehead atoms. The molecule has 0 aliphatic rings. The summed E-state index contributed by atoms with van der Waals surface area (Å²) in [4.78, 5) is 11.1. The maximum atomic E-state index is 5.73. The normalized spacial score (nSPS) is 11.0. The van der Waals surface area contributed by atoms with Gasteiger partial charge >= 0.3 is 0 Å². The second-order valence-electron chi connectivity index (χ2n) is 3.39. The van der Waals surface area contributed by atoms with E-state index in [-0.39, 0.29) is 0 Å². The van der Waals surface area contributed by atoms with Crippen LogP contribution in [0.1, 0.15) is 19.8 Å². The highest BCUT2D eigenvalue weighted by Gasteiger charge is 2.07. The van der Waals surface area contributed by atoms with Crippen LogP contribution in [0.4, 0.5) is 5.82 Å². The summed E-state index contributed by atoms with van der Waals surface area (Å²) in [6.45, 7) is 3.01. The number of nitrogens with two attached hydrogens (primary N) is 1. The van der Waals surface area contributed by atoms with E-state index in [4.69, 9.17) is 18.0 Å². The first kappa shape index (κ1) is 10.1. The van der Waals surface area contributed by atoms with E-state index in [9.17, 15) is 0 Å². The van der Waals surface area contributed by atoms with Crippen molar-refractivity contribution < 1.29 is 0 Å². The van der Waals surface area contributed by atoms with E-state index >= 15 is 0 Å². The summed E-state index contributed by atoms with van der Waals surface area (Å²) in [5.74, 6) is 0.446. The van der Waals surface area contributed by atoms with E-state index < -0.39 is 0 Å². The van der Waals surface area contributed by atoms with Gasteiger partial charge in [0, 0.05) is 6.54 Å². The van der Waals surface area contributed by atoms with Crippen LogP contribution in [0.25, 0.3) is 11.2 Å². The first-order valence-electron chi connectivity index (χ1n) is 4.93. The number of hydrogen-bond donors (Lipinski definition) is 2. The number of H-pyrrole nitrogens is 1. The fourth-order valence-electron chi connectivity index (χ4n) is 1.51. The molecule has 0 fully saturated rings. The van der Waals surface area contributed by atoms with Crippen molar-refractivity contribution in [1.82, 2.24) is 19.5 Å². The molecule has 0 saturated heterocycles. The van der Waals surface area contributed by atoms with Crippen LogP contribution in [0.2, 0.25) is 0 Å².